The number of rotatable bonds is 9. The van der Waals surface area contributed by atoms with Crippen LogP contribution in [0.1, 0.15) is 71.6 Å². The Labute approximate surface area is 130 Å². The standard InChI is InChI=1S/C17H34N2O2/c1-4-18-17(2,16(20)21)13-9-10-14-19(3)15-11-7-5-6-8-12-15/h15,18H,4-14H2,1-3H3,(H,20,21). The van der Waals surface area contributed by atoms with Crippen LogP contribution in [0.3, 0.4) is 0 Å². The minimum absolute atomic E-state index is 0.699. The molecule has 1 fully saturated rings. The Bertz CT molecular complexity index is 301. The molecule has 4 nitrogen and oxygen atoms in total. The smallest absolute Gasteiger partial charge is 0.323 e. The maximum atomic E-state index is 11.4. The van der Waals surface area contributed by atoms with Gasteiger partial charge in [0.15, 0.2) is 0 Å². The molecule has 1 atom stereocenters. The van der Waals surface area contributed by atoms with Gasteiger partial charge in [0.1, 0.15) is 5.54 Å². The van der Waals surface area contributed by atoms with Crippen LogP contribution in [0.4, 0.5) is 0 Å². The van der Waals surface area contributed by atoms with Crippen LogP contribution >= 0.6 is 0 Å². The summed E-state index contributed by atoms with van der Waals surface area (Å²) in [5, 5.41) is 12.4. The van der Waals surface area contributed by atoms with Gasteiger partial charge in [0, 0.05) is 6.04 Å². The van der Waals surface area contributed by atoms with Crippen LogP contribution in [0.2, 0.25) is 0 Å². The van der Waals surface area contributed by atoms with Crippen molar-refractivity contribution in [3.8, 4) is 0 Å². The molecule has 1 unspecified atom stereocenters. The predicted molar refractivity (Wildman–Crippen MR) is 87.7 cm³/mol. The first-order valence-electron chi connectivity index (χ1n) is 8.68. The second kappa shape index (κ2) is 9.42. The fourth-order valence-corrected chi connectivity index (χ4v) is 3.38. The molecule has 4 heteroatoms. The van der Waals surface area contributed by atoms with E-state index in [9.17, 15) is 9.90 Å². The lowest BCUT2D eigenvalue weighted by molar-refractivity contribution is -0.144. The summed E-state index contributed by atoms with van der Waals surface area (Å²) in [4.78, 5) is 13.8. The van der Waals surface area contributed by atoms with Crippen molar-refractivity contribution < 1.29 is 9.90 Å². The van der Waals surface area contributed by atoms with Gasteiger partial charge in [-0.1, -0.05) is 32.6 Å². The van der Waals surface area contributed by atoms with Crippen LogP contribution in [-0.4, -0.2) is 47.7 Å². The van der Waals surface area contributed by atoms with Crippen molar-refractivity contribution in [2.45, 2.75) is 83.2 Å². The molecule has 1 saturated carbocycles. The Morgan fingerprint density at radius 1 is 1.24 bits per heavy atom. The summed E-state index contributed by atoms with van der Waals surface area (Å²) < 4.78 is 0. The molecule has 21 heavy (non-hydrogen) atoms. The zero-order chi connectivity index (χ0) is 15.7. The van der Waals surface area contributed by atoms with E-state index in [1.54, 1.807) is 6.92 Å². The Morgan fingerprint density at radius 3 is 2.38 bits per heavy atom. The summed E-state index contributed by atoms with van der Waals surface area (Å²) >= 11 is 0. The first-order valence-corrected chi connectivity index (χ1v) is 8.68. The fourth-order valence-electron chi connectivity index (χ4n) is 3.38. The molecule has 1 aliphatic carbocycles. The van der Waals surface area contributed by atoms with E-state index in [0.717, 1.165) is 25.4 Å². The SMILES string of the molecule is CCNC(C)(CCCCN(C)C1CCCCCC1)C(=O)O. The maximum Gasteiger partial charge on any atom is 0.323 e. The number of nitrogens with zero attached hydrogens (tertiary/aromatic N) is 1. The van der Waals surface area contributed by atoms with Gasteiger partial charge in [0.25, 0.3) is 0 Å². The van der Waals surface area contributed by atoms with E-state index in [0.29, 0.717) is 13.0 Å². The molecule has 0 amide bonds. The normalized spacial score (nSPS) is 20.2. The lowest BCUT2D eigenvalue weighted by atomic mass is 9.94. The molecule has 1 aliphatic rings. The van der Waals surface area contributed by atoms with Crippen molar-refractivity contribution in [1.29, 1.82) is 0 Å². The zero-order valence-corrected chi connectivity index (χ0v) is 14.2. The highest BCUT2D eigenvalue weighted by Gasteiger charge is 2.31. The van der Waals surface area contributed by atoms with Crippen LogP contribution in [0.5, 0.6) is 0 Å². The first-order chi connectivity index (χ1) is 9.99. The van der Waals surface area contributed by atoms with Gasteiger partial charge in [0.2, 0.25) is 0 Å². The topological polar surface area (TPSA) is 52.6 Å². The average Bonchev–Trinajstić information content (AvgIpc) is 2.72. The third-order valence-electron chi connectivity index (χ3n) is 4.92. The molecule has 0 heterocycles. The largest absolute Gasteiger partial charge is 0.480 e. The van der Waals surface area contributed by atoms with Crippen molar-refractivity contribution in [2.75, 3.05) is 20.1 Å². The Balaban J connectivity index is 2.27. The summed E-state index contributed by atoms with van der Waals surface area (Å²) in [5.41, 5.74) is -0.768. The van der Waals surface area contributed by atoms with Gasteiger partial charge in [-0.15, -0.1) is 0 Å². The maximum absolute atomic E-state index is 11.4. The number of carbonyl (C=O) groups is 1. The van der Waals surface area contributed by atoms with Gasteiger partial charge >= 0.3 is 5.97 Å². The van der Waals surface area contributed by atoms with Gasteiger partial charge in [0.05, 0.1) is 0 Å². The molecule has 2 N–H and O–H groups in total. The lowest BCUT2D eigenvalue weighted by Gasteiger charge is -2.28. The van der Waals surface area contributed by atoms with Gasteiger partial charge in [-0.05, 0) is 59.2 Å². The molecule has 0 saturated heterocycles. The van der Waals surface area contributed by atoms with E-state index < -0.39 is 11.5 Å². The average molecular weight is 298 g/mol. The molecule has 0 aromatic carbocycles. The monoisotopic (exact) mass is 298 g/mol. The highest BCUT2D eigenvalue weighted by atomic mass is 16.4. The van der Waals surface area contributed by atoms with E-state index in [4.69, 9.17) is 0 Å². The Hall–Kier alpha value is -0.610. The molecular formula is C17H34N2O2. The van der Waals surface area contributed by atoms with Gasteiger partial charge < -0.3 is 15.3 Å². The van der Waals surface area contributed by atoms with Crippen LogP contribution in [0.25, 0.3) is 0 Å². The van der Waals surface area contributed by atoms with Crippen LogP contribution in [0, 0.1) is 0 Å². The molecule has 0 spiro atoms. The minimum atomic E-state index is -0.768. The minimum Gasteiger partial charge on any atom is -0.480 e. The summed E-state index contributed by atoms with van der Waals surface area (Å²) in [6, 6.07) is 0.743. The summed E-state index contributed by atoms with van der Waals surface area (Å²) in [7, 11) is 2.23. The fraction of sp³-hybridized carbons (Fsp3) is 0.941. The first kappa shape index (κ1) is 18.4. The van der Waals surface area contributed by atoms with Gasteiger partial charge in [-0.2, -0.15) is 0 Å². The van der Waals surface area contributed by atoms with E-state index in [2.05, 4.69) is 17.3 Å². The van der Waals surface area contributed by atoms with Crippen LogP contribution in [-0.2, 0) is 4.79 Å². The van der Waals surface area contributed by atoms with Crippen molar-refractivity contribution in [3.63, 3.8) is 0 Å². The molecule has 0 bridgehead atoms. The Morgan fingerprint density at radius 2 is 1.86 bits per heavy atom. The molecule has 0 aromatic heterocycles. The van der Waals surface area contributed by atoms with Crippen molar-refractivity contribution in [3.05, 3.63) is 0 Å². The molecule has 1 rings (SSSR count). The zero-order valence-electron chi connectivity index (χ0n) is 14.2. The molecule has 0 aromatic rings. The van der Waals surface area contributed by atoms with E-state index >= 15 is 0 Å². The number of carboxylic acid groups (broad SMARTS) is 1. The Kier molecular flexibility index (Phi) is 8.27. The van der Waals surface area contributed by atoms with Crippen LogP contribution < -0.4 is 5.32 Å². The number of hydrogen-bond acceptors (Lipinski definition) is 3. The highest BCUT2D eigenvalue weighted by molar-refractivity contribution is 5.78. The molecule has 124 valence electrons. The van der Waals surface area contributed by atoms with Crippen LogP contribution in [0.15, 0.2) is 0 Å². The van der Waals surface area contributed by atoms with Crippen molar-refractivity contribution in [2.24, 2.45) is 0 Å². The molecule has 0 aliphatic heterocycles. The summed E-state index contributed by atoms with van der Waals surface area (Å²) in [5.74, 6) is -0.735. The van der Waals surface area contributed by atoms with E-state index in [1.165, 1.54) is 38.5 Å². The van der Waals surface area contributed by atoms with Crippen molar-refractivity contribution >= 4 is 5.97 Å². The third-order valence-corrected chi connectivity index (χ3v) is 4.92. The lowest BCUT2D eigenvalue weighted by Crippen LogP contribution is -2.49. The van der Waals surface area contributed by atoms with E-state index in [-0.39, 0.29) is 0 Å². The number of aliphatic carboxylic acids is 1. The van der Waals surface area contributed by atoms with Crippen molar-refractivity contribution in [1.82, 2.24) is 10.2 Å². The van der Waals surface area contributed by atoms with Gasteiger partial charge in [-0.25, -0.2) is 0 Å². The summed E-state index contributed by atoms with van der Waals surface area (Å²) in [6.07, 6.45) is 10.9. The number of carboxylic acids is 1. The second-order valence-corrected chi connectivity index (χ2v) is 6.75. The number of unbranched alkanes of at least 4 members (excludes halogenated alkanes) is 1. The number of nitrogens with one attached hydrogen (secondary N) is 1. The van der Waals surface area contributed by atoms with E-state index in [1.807, 2.05) is 6.92 Å². The molecule has 0 radical (unpaired) electrons. The number of likely N-dealkylation sites (N-methyl/N-ethyl adjacent to an activating group) is 1. The molecular weight excluding hydrogens is 264 g/mol. The van der Waals surface area contributed by atoms with Gasteiger partial charge in [-0.3, -0.25) is 4.79 Å². The highest BCUT2D eigenvalue weighted by Crippen LogP contribution is 2.22. The number of hydrogen-bond donors (Lipinski definition) is 2. The summed E-state index contributed by atoms with van der Waals surface area (Å²) in [6.45, 7) is 5.55. The third kappa shape index (κ3) is 6.35. The predicted octanol–water partition coefficient (Wildman–Crippen LogP) is 3.26. The quantitative estimate of drug-likeness (QED) is 0.507. The second-order valence-electron chi connectivity index (χ2n) is 6.75.